The first-order valence-corrected chi connectivity index (χ1v) is 4.94. The topological polar surface area (TPSA) is 12.9 Å². The first kappa shape index (κ1) is 12.3. The van der Waals surface area contributed by atoms with Gasteiger partial charge in [-0.25, -0.2) is 4.98 Å². The molecule has 0 aliphatic carbocycles. The van der Waals surface area contributed by atoms with Crippen molar-refractivity contribution in [2.45, 2.75) is 0 Å². The van der Waals surface area contributed by atoms with E-state index < -0.39 is 7.25 Å². The van der Waals surface area contributed by atoms with Crippen molar-refractivity contribution >= 4 is 40.4 Å². The molecular formula is C7H4BClF4NS-. The quantitative estimate of drug-likeness (QED) is 0.507. The predicted octanol–water partition coefficient (Wildman–Crippen LogP) is 4.25. The molecule has 0 aliphatic rings. The molecule has 1 aromatic carbocycles. The van der Waals surface area contributed by atoms with Crippen LogP contribution in [-0.2, 0) is 0 Å². The van der Waals surface area contributed by atoms with Gasteiger partial charge < -0.3 is 17.3 Å². The highest BCUT2D eigenvalue weighted by Crippen LogP contribution is 2.24. The van der Waals surface area contributed by atoms with Crippen LogP contribution in [0.1, 0.15) is 0 Å². The molecule has 1 heterocycles. The number of halogens is 5. The molecule has 0 N–H and O–H groups in total. The van der Waals surface area contributed by atoms with E-state index in [-0.39, 0.29) is 0 Å². The number of aromatic nitrogens is 1. The molecule has 2 aromatic rings. The molecule has 0 bridgehead atoms. The van der Waals surface area contributed by atoms with Crippen LogP contribution < -0.4 is 0 Å². The van der Waals surface area contributed by atoms with Gasteiger partial charge in [0.2, 0.25) is 0 Å². The number of hydrogen-bond donors (Lipinski definition) is 0. The number of benzene rings is 1. The molecule has 8 heteroatoms. The van der Waals surface area contributed by atoms with Gasteiger partial charge in [0.05, 0.1) is 10.2 Å². The lowest BCUT2D eigenvalue weighted by Crippen LogP contribution is -2.02. The van der Waals surface area contributed by atoms with Crippen LogP contribution in [0.3, 0.4) is 0 Å². The lowest BCUT2D eigenvalue weighted by atomic mass is 10.3. The normalized spacial score (nSPS) is 11.0. The third-order valence-corrected chi connectivity index (χ3v) is 2.41. The summed E-state index contributed by atoms with van der Waals surface area (Å²) in [5.74, 6) is 0. The van der Waals surface area contributed by atoms with Gasteiger partial charge in [0.25, 0.3) is 0 Å². The van der Waals surface area contributed by atoms with Gasteiger partial charge in [-0.1, -0.05) is 23.7 Å². The van der Waals surface area contributed by atoms with E-state index in [0.29, 0.717) is 4.47 Å². The van der Waals surface area contributed by atoms with Crippen LogP contribution >= 0.6 is 22.9 Å². The van der Waals surface area contributed by atoms with Gasteiger partial charge in [-0.2, -0.15) is 0 Å². The summed E-state index contributed by atoms with van der Waals surface area (Å²) in [4.78, 5) is 4.10. The van der Waals surface area contributed by atoms with E-state index in [1.54, 1.807) is 0 Å². The van der Waals surface area contributed by atoms with Gasteiger partial charge in [0.1, 0.15) is 0 Å². The van der Waals surface area contributed by atoms with Crippen LogP contribution in [0.15, 0.2) is 24.3 Å². The first-order chi connectivity index (χ1) is 6.86. The lowest BCUT2D eigenvalue weighted by molar-refractivity contribution is 0.368. The highest BCUT2D eigenvalue weighted by Gasteiger charge is 2.20. The molecule has 0 saturated carbocycles. The van der Waals surface area contributed by atoms with E-state index in [2.05, 4.69) is 4.98 Å². The van der Waals surface area contributed by atoms with Crippen LogP contribution in [0.5, 0.6) is 0 Å². The molecule has 1 nitrogen and oxygen atoms in total. The number of nitrogens with zero attached hydrogens (tertiary/aromatic N) is 1. The Hall–Kier alpha value is -0.815. The monoisotopic (exact) mass is 256 g/mol. The zero-order valence-corrected chi connectivity index (χ0v) is 8.70. The third-order valence-electron chi connectivity index (χ3n) is 1.27. The maximum absolute atomic E-state index is 9.75. The van der Waals surface area contributed by atoms with E-state index in [1.807, 2.05) is 24.3 Å². The van der Waals surface area contributed by atoms with E-state index in [1.165, 1.54) is 11.3 Å². The van der Waals surface area contributed by atoms with E-state index in [0.717, 1.165) is 10.2 Å². The molecule has 0 radical (unpaired) electrons. The highest BCUT2D eigenvalue weighted by molar-refractivity contribution is 7.22. The second-order valence-corrected chi connectivity index (χ2v) is 4.04. The Morgan fingerprint density at radius 2 is 1.67 bits per heavy atom. The molecule has 0 fully saturated rings. The number of fused-ring (bicyclic) bond motifs is 1. The molecule has 15 heavy (non-hydrogen) atoms. The maximum Gasteiger partial charge on any atom is 0.673 e. The lowest BCUT2D eigenvalue weighted by Gasteiger charge is -1.94. The molecule has 0 atom stereocenters. The standard InChI is InChI=1S/C7H4ClNS.BF4/c8-7-9-5-3-1-2-4-6(5)10-7;2-1(3,4)5/h1-4H;/q;-1. The summed E-state index contributed by atoms with van der Waals surface area (Å²) in [7, 11) is -6.00. The summed E-state index contributed by atoms with van der Waals surface area (Å²) < 4.78 is 40.8. The summed E-state index contributed by atoms with van der Waals surface area (Å²) in [6, 6.07) is 7.91. The summed E-state index contributed by atoms with van der Waals surface area (Å²) in [5, 5.41) is 0. The summed E-state index contributed by atoms with van der Waals surface area (Å²) in [5.41, 5.74) is 0.984. The molecule has 0 amide bonds. The fraction of sp³-hybridized carbons (Fsp3) is 0. The minimum Gasteiger partial charge on any atom is -0.418 e. The fourth-order valence-electron chi connectivity index (χ4n) is 0.844. The number of hydrogen-bond acceptors (Lipinski definition) is 2. The van der Waals surface area contributed by atoms with Gasteiger partial charge in [-0.3, -0.25) is 0 Å². The molecule has 0 saturated heterocycles. The summed E-state index contributed by atoms with van der Waals surface area (Å²) in [6.07, 6.45) is 0. The van der Waals surface area contributed by atoms with Gasteiger partial charge in [-0.05, 0) is 12.1 Å². The first-order valence-electron chi connectivity index (χ1n) is 3.74. The van der Waals surface area contributed by atoms with Crippen molar-refractivity contribution in [3.8, 4) is 0 Å². The minimum absolute atomic E-state index is 0.612. The number of para-hydroxylation sites is 1. The third kappa shape index (κ3) is 4.99. The molecule has 82 valence electrons. The van der Waals surface area contributed by atoms with Crippen LogP contribution in [0.25, 0.3) is 10.2 Å². The Labute approximate surface area is 91.8 Å². The van der Waals surface area contributed by atoms with Crippen LogP contribution in [0.2, 0.25) is 4.47 Å². The molecule has 2 rings (SSSR count). The van der Waals surface area contributed by atoms with E-state index in [9.17, 15) is 17.3 Å². The van der Waals surface area contributed by atoms with E-state index >= 15 is 0 Å². The maximum atomic E-state index is 9.75. The van der Waals surface area contributed by atoms with Crippen molar-refractivity contribution in [1.82, 2.24) is 4.98 Å². The largest absolute Gasteiger partial charge is 0.673 e. The van der Waals surface area contributed by atoms with Crippen LogP contribution in [-0.4, -0.2) is 12.2 Å². The Bertz CT molecular complexity index is 405. The minimum atomic E-state index is -6.00. The van der Waals surface area contributed by atoms with Gasteiger partial charge in [0.15, 0.2) is 4.47 Å². The molecule has 1 aromatic heterocycles. The second-order valence-electron chi connectivity index (χ2n) is 2.43. The van der Waals surface area contributed by atoms with Gasteiger partial charge in [-0.15, -0.1) is 11.3 Å². The van der Waals surface area contributed by atoms with Crippen molar-refractivity contribution in [3.63, 3.8) is 0 Å². The smallest absolute Gasteiger partial charge is 0.418 e. The summed E-state index contributed by atoms with van der Waals surface area (Å²) in [6.45, 7) is 0. The Morgan fingerprint density at radius 3 is 2.20 bits per heavy atom. The number of rotatable bonds is 0. The highest BCUT2D eigenvalue weighted by atomic mass is 35.5. The molecule has 0 spiro atoms. The predicted molar refractivity (Wildman–Crippen MR) is 54.8 cm³/mol. The fourth-order valence-corrected chi connectivity index (χ4v) is 1.87. The van der Waals surface area contributed by atoms with Crippen molar-refractivity contribution in [2.24, 2.45) is 0 Å². The second kappa shape index (κ2) is 4.80. The average molecular weight is 256 g/mol. The SMILES string of the molecule is Clc1nc2ccccc2s1.F[B-](F)(F)F. The zero-order valence-electron chi connectivity index (χ0n) is 7.13. The number of thiazole rings is 1. The van der Waals surface area contributed by atoms with Crippen molar-refractivity contribution in [1.29, 1.82) is 0 Å². The average Bonchev–Trinajstić information content (AvgIpc) is 2.40. The molecule has 0 aliphatic heterocycles. The van der Waals surface area contributed by atoms with Crippen molar-refractivity contribution in [3.05, 3.63) is 28.7 Å². The van der Waals surface area contributed by atoms with Crippen molar-refractivity contribution in [2.75, 3.05) is 0 Å². The molecular weight excluding hydrogens is 252 g/mol. The van der Waals surface area contributed by atoms with E-state index in [4.69, 9.17) is 11.6 Å². The Morgan fingerprint density at radius 1 is 1.13 bits per heavy atom. The Kier molecular flexibility index (Phi) is 3.93. The van der Waals surface area contributed by atoms with Gasteiger partial charge in [0, 0.05) is 0 Å². The van der Waals surface area contributed by atoms with Crippen LogP contribution in [0, 0.1) is 0 Å². The van der Waals surface area contributed by atoms with Crippen molar-refractivity contribution < 1.29 is 17.3 Å². The van der Waals surface area contributed by atoms with Gasteiger partial charge >= 0.3 is 7.25 Å². The summed E-state index contributed by atoms with van der Waals surface area (Å²) >= 11 is 7.20. The molecule has 0 unspecified atom stereocenters. The zero-order chi connectivity index (χ0) is 11.5. The Balaban J connectivity index is 0.000000195. The van der Waals surface area contributed by atoms with Crippen LogP contribution in [0.4, 0.5) is 17.3 Å².